The maximum absolute atomic E-state index is 13.1. The van der Waals surface area contributed by atoms with Gasteiger partial charge in [-0.05, 0) is 37.6 Å². The molecule has 0 aliphatic carbocycles. The summed E-state index contributed by atoms with van der Waals surface area (Å²) in [5.74, 6) is -0.0174. The highest BCUT2D eigenvalue weighted by Gasteiger charge is 2.25. The first-order chi connectivity index (χ1) is 15.5. The number of rotatable bonds is 3. The number of fused-ring (bicyclic) bond motifs is 1. The molecular formula is C26H23N5O. The Bertz CT molecular complexity index is 1350. The Morgan fingerprint density at radius 2 is 1.78 bits per heavy atom. The summed E-state index contributed by atoms with van der Waals surface area (Å²) in [7, 11) is 0. The molecule has 6 nitrogen and oxygen atoms in total. The maximum Gasteiger partial charge on any atom is 0.255 e. The van der Waals surface area contributed by atoms with Crippen LogP contribution in [0.2, 0.25) is 0 Å². The van der Waals surface area contributed by atoms with E-state index in [1.165, 1.54) is 5.56 Å². The molecule has 2 aromatic heterocycles. The number of imidazole rings is 1. The lowest BCUT2D eigenvalue weighted by molar-refractivity contribution is 0.0790. The Hall–Kier alpha value is -3.95. The Kier molecular flexibility index (Phi) is 4.96. The number of nitrogens with zero attached hydrogens (tertiary/aromatic N) is 4. The van der Waals surface area contributed by atoms with Crippen molar-refractivity contribution in [3.8, 4) is 28.6 Å². The predicted octanol–water partition coefficient (Wildman–Crippen LogP) is 4.02. The molecule has 0 saturated carbocycles. The number of aryl methyl sites for hydroxylation is 1. The second kappa shape index (κ2) is 7.95. The zero-order valence-corrected chi connectivity index (χ0v) is 17.8. The molecule has 1 atom stereocenters. The van der Waals surface area contributed by atoms with Crippen molar-refractivity contribution in [3.63, 3.8) is 0 Å². The van der Waals surface area contributed by atoms with Gasteiger partial charge in [0.15, 0.2) is 0 Å². The molecule has 0 unspecified atom stereocenters. The van der Waals surface area contributed by atoms with Crippen LogP contribution in [0.3, 0.4) is 0 Å². The summed E-state index contributed by atoms with van der Waals surface area (Å²) in [6.07, 6.45) is 2.69. The number of hydrogen-bond acceptors (Lipinski definition) is 4. The molecule has 5 rings (SSSR count). The number of pyridine rings is 1. The van der Waals surface area contributed by atoms with Crippen LogP contribution in [-0.4, -0.2) is 39.3 Å². The van der Waals surface area contributed by atoms with Crippen molar-refractivity contribution >= 4 is 11.6 Å². The average molecular weight is 422 g/mol. The number of aromatic nitrogens is 2. The molecule has 1 amide bonds. The quantitative estimate of drug-likeness (QED) is 0.541. The van der Waals surface area contributed by atoms with Crippen LogP contribution < -0.4 is 5.73 Å². The van der Waals surface area contributed by atoms with Crippen molar-refractivity contribution < 1.29 is 4.79 Å². The van der Waals surface area contributed by atoms with Crippen molar-refractivity contribution in [1.29, 1.82) is 5.26 Å². The van der Waals surface area contributed by atoms with Gasteiger partial charge in [-0.3, -0.25) is 9.20 Å². The molecule has 0 radical (unpaired) electrons. The van der Waals surface area contributed by atoms with Crippen LogP contribution in [0.4, 0.5) is 0 Å². The standard InChI is InChI=1S/C26H23N5O/c1-17-2-6-19(7-3-17)24-25(20-8-4-18(14-27)5-9-20)31-15-21(10-11-23(31)29-24)26(32)30-13-12-22(28)16-30/h2-11,15,22H,12-13,16,28H2,1H3/t22-/m1/s1. The highest BCUT2D eigenvalue weighted by Crippen LogP contribution is 2.33. The molecule has 2 N–H and O–H groups in total. The molecule has 158 valence electrons. The van der Waals surface area contributed by atoms with Gasteiger partial charge in [-0.1, -0.05) is 42.0 Å². The van der Waals surface area contributed by atoms with Crippen LogP contribution in [0.5, 0.6) is 0 Å². The minimum atomic E-state index is -0.0174. The van der Waals surface area contributed by atoms with Gasteiger partial charge >= 0.3 is 0 Å². The minimum absolute atomic E-state index is 0.0174. The molecule has 0 spiro atoms. The van der Waals surface area contributed by atoms with E-state index in [1.54, 1.807) is 12.1 Å². The van der Waals surface area contributed by atoms with E-state index >= 15 is 0 Å². The Morgan fingerprint density at radius 3 is 2.44 bits per heavy atom. The molecular weight excluding hydrogens is 398 g/mol. The van der Waals surface area contributed by atoms with Crippen molar-refractivity contribution in [2.24, 2.45) is 5.73 Å². The van der Waals surface area contributed by atoms with Gasteiger partial charge in [0.2, 0.25) is 0 Å². The smallest absolute Gasteiger partial charge is 0.255 e. The number of nitrogens with two attached hydrogens (primary N) is 1. The van der Waals surface area contributed by atoms with E-state index in [0.29, 0.717) is 24.2 Å². The first-order valence-corrected chi connectivity index (χ1v) is 10.7. The number of nitriles is 1. The molecule has 3 heterocycles. The lowest BCUT2D eigenvalue weighted by atomic mass is 10.0. The van der Waals surface area contributed by atoms with Crippen LogP contribution in [0, 0.1) is 18.3 Å². The molecule has 1 fully saturated rings. The first-order valence-electron chi connectivity index (χ1n) is 10.7. The zero-order chi connectivity index (χ0) is 22.2. The van der Waals surface area contributed by atoms with Gasteiger partial charge in [0, 0.05) is 36.5 Å². The number of hydrogen-bond donors (Lipinski definition) is 1. The Balaban J connectivity index is 1.68. The molecule has 1 aliphatic heterocycles. The third kappa shape index (κ3) is 3.53. The predicted molar refractivity (Wildman–Crippen MR) is 124 cm³/mol. The van der Waals surface area contributed by atoms with Crippen LogP contribution >= 0.6 is 0 Å². The van der Waals surface area contributed by atoms with E-state index in [4.69, 9.17) is 10.7 Å². The van der Waals surface area contributed by atoms with Gasteiger partial charge in [-0.2, -0.15) is 5.26 Å². The Labute approximate surface area is 186 Å². The normalized spacial score (nSPS) is 15.8. The van der Waals surface area contributed by atoms with Gasteiger partial charge in [-0.25, -0.2) is 4.98 Å². The largest absolute Gasteiger partial charge is 0.337 e. The van der Waals surface area contributed by atoms with Gasteiger partial charge in [0.1, 0.15) is 5.65 Å². The van der Waals surface area contributed by atoms with Gasteiger partial charge in [-0.15, -0.1) is 0 Å². The molecule has 0 bridgehead atoms. The third-order valence-corrected chi connectivity index (χ3v) is 5.99. The summed E-state index contributed by atoms with van der Waals surface area (Å²) < 4.78 is 1.97. The third-order valence-electron chi connectivity index (χ3n) is 5.99. The molecule has 1 saturated heterocycles. The topological polar surface area (TPSA) is 87.4 Å². The van der Waals surface area contributed by atoms with Crippen molar-refractivity contribution in [2.75, 3.05) is 13.1 Å². The average Bonchev–Trinajstić information content (AvgIpc) is 3.42. The summed E-state index contributed by atoms with van der Waals surface area (Å²) in [4.78, 5) is 19.8. The molecule has 2 aromatic carbocycles. The number of benzene rings is 2. The van der Waals surface area contributed by atoms with Gasteiger partial charge < -0.3 is 10.6 Å². The number of carbonyl (C=O) groups excluding carboxylic acids is 1. The van der Waals surface area contributed by atoms with Crippen LogP contribution in [0.25, 0.3) is 28.2 Å². The van der Waals surface area contributed by atoms with Crippen molar-refractivity contribution in [3.05, 3.63) is 83.6 Å². The summed E-state index contributed by atoms with van der Waals surface area (Å²) >= 11 is 0. The zero-order valence-electron chi connectivity index (χ0n) is 17.8. The molecule has 6 heteroatoms. The summed E-state index contributed by atoms with van der Waals surface area (Å²) in [5, 5.41) is 9.19. The highest BCUT2D eigenvalue weighted by atomic mass is 16.2. The lowest BCUT2D eigenvalue weighted by Gasteiger charge is -2.16. The fraction of sp³-hybridized carbons (Fsp3) is 0.192. The van der Waals surface area contributed by atoms with E-state index in [9.17, 15) is 10.1 Å². The van der Waals surface area contributed by atoms with Gasteiger partial charge in [0.25, 0.3) is 5.91 Å². The summed E-state index contributed by atoms with van der Waals surface area (Å²) in [6, 6.07) is 21.6. The number of amides is 1. The van der Waals surface area contributed by atoms with Gasteiger partial charge in [0.05, 0.1) is 28.6 Å². The summed E-state index contributed by atoms with van der Waals surface area (Å²) in [6.45, 7) is 3.31. The SMILES string of the molecule is Cc1ccc(-c2nc3ccc(C(=O)N4CC[C@@H](N)C4)cn3c2-c2ccc(C#N)cc2)cc1. The molecule has 32 heavy (non-hydrogen) atoms. The van der Waals surface area contributed by atoms with E-state index < -0.39 is 0 Å². The van der Waals surface area contributed by atoms with Crippen LogP contribution in [0.1, 0.15) is 27.9 Å². The minimum Gasteiger partial charge on any atom is -0.337 e. The Morgan fingerprint density at radius 1 is 1.06 bits per heavy atom. The van der Waals surface area contributed by atoms with Crippen molar-refractivity contribution in [2.45, 2.75) is 19.4 Å². The van der Waals surface area contributed by atoms with E-state index in [0.717, 1.165) is 34.6 Å². The lowest BCUT2D eigenvalue weighted by Crippen LogP contribution is -2.32. The second-order valence-electron chi connectivity index (χ2n) is 8.31. The second-order valence-corrected chi connectivity index (χ2v) is 8.31. The fourth-order valence-electron chi connectivity index (χ4n) is 4.22. The van der Waals surface area contributed by atoms with Crippen LogP contribution in [0.15, 0.2) is 66.9 Å². The summed E-state index contributed by atoms with van der Waals surface area (Å²) in [5.41, 5.74) is 12.8. The molecule has 1 aliphatic rings. The van der Waals surface area contributed by atoms with E-state index in [1.807, 2.05) is 39.8 Å². The monoisotopic (exact) mass is 421 g/mol. The van der Waals surface area contributed by atoms with E-state index in [-0.39, 0.29) is 11.9 Å². The number of carbonyl (C=O) groups is 1. The first kappa shape index (κ1) is 20.0. The van der Waals surface area contributed by atoms with Crippen LogP contribution in [-0.2, 0) is 0 Å². The molecule has 4 aromatic rings. The fourth-order valence-corrected chi connectivity index (χ4v) is 4.22. The maximum atomic E-state index is 13.1. The van der Waals surface area contributed by atoms with Crippen molar-refractivity contribution in [1.82, 2.24) is 14.3 Å². The number of likely N-dealkylation sites (tertiary alicyclic amines) is 1. The van der Waals surface area contributed by atoms with E-state index in [2.05, 4.69) is 37.3 Å². The highest BCUT2D eigenvalue weighted by molar-refractivity contribution is 5.95.